The Labute approximate surface area is 140 Å². The van der Waals surface area contributed by atoms with Crippen LogP contribution in [0.15, 0.2) is 47.4 Å². The highest BCUT2D eigenvalue weighted by Gasteiger charge is 2.34. The molecule has 0 atom stereocenters. The number of carbonyl (C=O) groups excluding carboxylic acids is 2. The van der Waals surface area contributed by atoms with Crippen molar-refractivity contribution < 1.29 is 9.59 Å². The van der Waals surface area contributed by atoms with Crippen molar-refractivity contribution in [2.75, 3.05) is 12.3 Å². The zero-order valence-corrected chi connectivity index (χ0v) is 14.2. The molecule has 0 fully saturated rings. The van der Waals surface area contributed by atoms with Crippen LogP contribution >= 0.6 is 11.8 Å². The molecule has 118 valence electrons. The lowest BCUT2D eigenvalue weighted by atomic mass is 10.1. The van der Waals surface area contributed by atoms with E-state index < -0.39 is 0 Å². The lowest BCUT2D eigenvalue weighted by Crippen LogP contribution is -2.30. The van der Waals surface area contributed by atoms with Crippen LogP contribution < -0.4 is 0 Å². The van der Waals surface area contributed by atoms with Crippen LogP contribution in [0.25, 0.3) is 0 Å². The summed E-state index contributed by atoms with van der Waals surface area (Å²) < 4.78 is 0. The third-order valence-electron chi connectivity index (χ3n) is 4.15. The molecule has 2 aromatic rings. The van der Waals surface area contributed by atoms with Gasteiger partial charge in [-0.2, -0.15) is 0 Å². The molecule has 0 unspecified atom stereocenters. The van der Waals surface area contributed by atoms with E-state index in [-0.39, 0.29) is 11.8 Å². The van der Waals surface area contributed by atoms with Crippen LogP contribution in [-0.2, 0) is 0 Å². The van der Waals surface area contributed by atoms with Crippen LogP contribution in [-0.4, -0.2) is 29.0 Å². The zero-order chi connectivity index (χ0) is 16.4. The molecule has 23 heavy (non-hydrogen) atoms. The molecule has 0 spiro atoms. The normalized spacial score (nSPS) is 13.6. The van der Waals surface area contributed by atoms with Gasteiger partial charge >= 0.3 is 0 Å². The minimum absolute atomic E-state index is 0.165. The minimum Gasteiger partial charge on any atom is -0.274 e. The molecule has 1 aliphatic heterocycles. The number of hydrogen-bond acceptors (Lipinski definition) is 3. The van der Waals surface area contributed by atoms with Gasteiger partial charge in [-0.05, 0) is 61.4 Å². The number of benzene rings is 2. The Morgan fingerprint density at radius 3 is 2.17 bits per heavy atom. The summed E-state index contributed by atoms with van der Waals surface area (Å²) in [5.41, 5.74) is 3.63. The Morgan fingerprint density at radius 2 is 1.57 bits per heavy atom. The van der Waals surface area contributed by atoms with E-state index in [1.807, 2.05) is 0 Å². The Balaban J connectivity index is 1.55. The number of nitrogens with zero attached hydrogens (tertiary/aromatic N) is 1. The van der Waals surface area contributed by atoms with Crippen LogP contribution in [0.4, 0.5) is 0 Å². The van der Waals surface area contributed by atoms with Gasteiger partial charge in [0.25, 0.3) is 11.8 Å². The Morgan fingerprint density at radius 1 is 0.913 bits per heavy atom. The molecule has 0 aromatic heterocycles. The Hall–Kier alpha value is -2.07. The highest BCUT2D eigenvalue weighted by Crippen LogP contribution is 2.24. The standard InChI is InChI=1S/C19H19NO2S/c1-13-8-9-15(12-14(13)2)23-11-5-10-20-18(21)16-6-3-4-7-17(16)19(20)22/h3-4,6-9,12H,5,10-11H2,1-2H3. The van der Waals surface area contributed by atoms with Gasteiger partial charge in [0.1, 0.15) is 0 Å². The number of aryl methyl sites for hydroxylation is 2. The lowest BCUT2D eigenvalue weighted by Gasteiger charge is -2.13. The van der Waals surface area contributed by atoms with E-state index in [1.54, 1.807) is 36.0 Å². The van der Waals surface area contributed by atoms with Crippen LogP contribution in [0.3, 0.4) is 0 Å². The predicted molar refractivity (Wildman–Crippen MR) is 93.1 cm³/mol. The summed E-state index contributed by atoms with van der Waals surface area (Å²) in [6, 6.07) is 13.5. The first-order valence-corrected chi connectivity index (χ1v) is 8.72. The first-order valence-electron chi connectivity index (χ1n) is 7.73. The third-order valence-corrected chi connectivity index (χ3v) is 5.23. The van der Waals surface area contributed by atoms with Crippen molar-refractivity contribution in [3.8, 4) is 0 Å². The largest absolute Gasteiger partial charge is 0.274 e. The molecule has 3 rings (SSSR count). The molecule has 2 aromatic carbocycles. The second kappa shape index (κ2) is 6.59. The average Bonchev–Trinajstić information content (AvgIpc) is 2.80. The van der Waals surface area contributed by atoms with E-state index in [0.29, 0.717) is 17.7 Å². The predicted octanol–water partition coefficient (Wildman–Crippen LogP) is 4.08. The quantitative estimate of drug-likeness (QED) is 0.472. The number of amides is 2. The van der Waals surface area contributed by atoms with Gasteiger partial charge in [-0.25, -0.2) is 0 Å². The molecule has 0 N–H and O–H groups in total. The molecule has 3 nitrogen and oxygen atoms in total. The first kappa shape index (κ1) is 15.8. The van der Waals surface area contributed by atoms with Crippen molar-refractivity contribution in [3.05, 3.63) is 64.7 Å². The van der Waals surface area contributed by atoms with Crippen molar-refractivity contribution >= 4 is 23.6 Å². The van der Waals surface area contributed by atoms with Crippen molar-refractivity contribution in [3.63, 3.8) is 0 Å². The highest BCUT2D eigenvalue weighted by atomic mass is 32.2. The Bertz CT molecular complexity index is 735. The van der Waals surface area contributed by atoms with Crippen LogP contribution in [0, 0.1) is 13.8 Å². The fourth-order valence-electron chi connectivity index (χ4n) is 2.66. The van der Waals surface area contributed by atoms with Gasteiger partial charge in [0, 0.05) is 11.4 Å². The van der Waals surface area contributed by atoms with Gasteiger partial charge in [-0.3, -0.25) is 14.5 Å². The van der Waals surface area contributed by atoms with Gasteiger partial charge in [-0.1, -0.05) is 18.2 Å². The van der Waals surface area contributed by atoms with E-state index in [4.69, 9.17) is 0 Å². The number of hydrogen-bond donors (Lipinski definition) is 0. The van der Waals surface area contributed by atoms with Crippen molar-refractivity contribution in [1.29, 1.82) is 0 Å². The topological polar surface area (TPSA) is 37.4 Å². The van der Waals surface area contributed by atoms with Gasteiger partial charge < -0.3 is 0 Å². The maximum atomic E-state index is 12.3. The molecule has 0 saturated carbocycles. The zero-order valence-electron chi connectivity index (χ0n) is 13.3. The molecule has 2 amide bonds. The molecule has 0 aliphatic carbocycles. The number of carbonyl (C=O) groups is 2. The van der Waals surface area contributed by atoms with Crippen molar-refractivity contribution in [2.45, 2.75) is 25.2 Å². The number of thioether (sulfide) groups is 1. The van der Waals surface area contributed by atoms with E-state index in [1.165, 1.54) is 20.9 Å². The summed E-state index contributed by atoms with van der Waals surface area (Å²) in [5.74, 6) is 0.555. The van der Waals surface area contributed by atoms with E-state index in [9.17, 15) is 9.59 Å². The summed E-state index contributed by atoms with van der Waals surface area (Å²) in [7, 11) is 0. The first-order chi connectivity index (χ1) is 11.1. The smallest absolute Gasteiger partial charge is 0.261 e. The maximum absolute atomic E-state index is 12.3. The van der Waals surface area contributed by atoms with Crippen LogP contribution in [0.1, 0.15) is 38.3 Å². The molecule has 0 bridgehead atoms. The summed E-state index contributed by atoms with van der Waals surface area (Å²) >= 11 is 1.76. The van der Waals surface area contributed by atoms with E-state index >= 15 is 0 Å². The second-order valence-corrected chi connectivity index (χ2v) is 6.92. The van der Waals surface area contributed by atoms with Crippen LogP contribution in [0.2, 0.25) is 0 Å². The summed E-state index contributed by atoms with van der Waals surface area (Å²) in [4.78, 5) is 27.1. The molecular formula is C19H19NO2S. The summed E-state index contributed by atoms with van der Waals surface area (Å²) in [6.45, 7) is 4.69. The fraction of sp³-hybridized carbons (Fsp3) is 0.263. The molecule has 0 radical (unpaired) electrons. The van der Waals surface area contributed by atoms with Crippen molar-refractivity contribution in [1.82, 2.24) is 4.90 Å². The van der Waals surface area contributed by atoms with E-state index in [2.05, 4.69) is 32.0 Å². The van der Waals surface area contributed by atoms with Crippen LogP contribution in [0.5, 0.6) is 0 Å². The average molecular weight is 325 g/mol. The molecule has 4 heteroatoms. The number of imide groups is 1. The Kier molecular flexibility index (Phi) is 4.53. The molecule has 1 heterocycles. The van der Waals surface area contributed by atoms with Gasteiger partial charge in [0.05, 0.1) is 11.1 Å². The summed E-state index contributed by atoms with van der Waals surface area (Å²) in [6.07, 6.45) is 0.795. The number of fused-ring (bicyclic) bond motifs is 1. The maximum Gasteiger partial charge on any atom is 0.261 e. The molecular weight excluding hydrogens is 306 g/mol. The minimum atomic E-state index is -0.165. The fourth-order valence-corrected chi connectivity index (χ4v) is 3.59. The van der Waals surface area contributed by atoms with Gasteiger partial charge in [-0.15, -0.1) is 11.8 Å². The monoisotopic (exact) mass is 325 g/mol. The lowest BCUT2D eigenvalue weighted by molar-refractivity contribution is 0.0655. The second-order valence-electron chi connectivity index (χ2n) is 5.76. The van der Waals surface area contributed by atoms with E-state index in [0.717, 1.165) is 12.2 Å². The third kappa shape index (κ3) is 3.17. The summed E-state index contributed by atoms with van der Waals surface area (Å²) in [5, 5.41) is 0. The highest BCUT2D eigenvalue weighted by molar-refractivity contribution is 7.99. The van der Waals surface area contributed by atoms with Gasteiger partial charge in [0.2, 0.25) is 0 Å². The molecule has 1 aliphatic rings. The number of rotatable bonds is 5. The SMILES string of the molecule is Cc1ccc(SCCCN2C(=O)c3ccccc3C2=O)cc1C. The van der Waals surface area contributed by atoms with Crippen molar-refractivity contribution in [2.24, 2.45) is 0 Å². The van der Waals surface area contributed by atoms with Gasteiger partial charge in [0.15, 0.2) is 0 Å². The molecule has 0 saturated heterocycles.